The maximum Gasteiger partial charge on any atom is 0.252 e. The Labute approximate surface area is 116 Å². The van der Waals surface area contributed by atoms with Crippen LogP contribution in [0.5, 0.6) is 0 Å². The zero-order valence-corrected chi connectivity index (χ0v) is 11.1. The van der Waals surface area contributed by atoms with E-state index in [1.54, 1.807) is 19.2 Å². The number of hydrogen-bond donors (Lipinski definition) is 2. The standard InChI is InChI=1S/C15H15N3O2/c1-18-13(16)7-11(8-15(18)20)9-2-4-12-10(6-9)3-5-14(19)17-12/h2,4,6-8H,3,5,16H2,1H3,(H,17,19). The molecule has 102 valence electrons. The molecule has 20 heavy (non-hydrogen) atoms. The van der Waals surface area contributed by atoms with Crippen molar-refractivity contribution in [1.82, 2.24) is 4.57 Å². The van der Waals surface area contributed by atoms with Crippen LogP contribution in [0.2, 0.25) is 0 Å². The molecule has 2 heterocycles. The number of aromatic nitrogens is 1. The lowest BCUT2D eigenvalue weighted by Crippen LogP contribution is -2.19. The third-order valence-corrected chi connectivity index (χ3v) is 3.63. The van der Waals surface area contributed by atoms with Crippen molar-refractivity contribution in [2.45, 2.75) is 12.8 Å². The Morgan fingerprint density at radius 1 is 1.10 bits per heavy atom. The van der Waals surface area contributed by atoms with Crippen LogP contribution in [-0.4, -0.2) is 10.5 Å². The van der Waals surface area contributed by atoms with E-state index < -0.39 is 0 Å². The number of aryl methyl sites for hydroxylation is 1. The van der Waals surface area contributed by atoms with Crippen LogP contribution < -0.4 is 16.6 Å². The minimum atomic E-state index is -0.133. The molecule has 0 atom stereocenters. The quantitative estimate of drug-likeness (QED) is 0.824. The SMILES string of the molecule is Cn1c(N)cc(-c2ccc3c(c2)CCC(=O)N3)cc1=O. The molecule has 0 aliphatic carbocycles. The van der Waals surface area contributed by atoms with E-state index in [4.69, 9.17) is 5.73 Å². The van der Waals surface area contributed by atoms with Crippen LogP contribution in [0.3, 0.4) is 0 Å². The lowest BCUT2D eigenvalue weighted by molar-refractivity contribution is -0.116. The summed E-state index contributed by atoms with van der Waals surface area (Å²) in [6, 6.07) is 9.11. The predicted molar refractivity (Wildman–Crippen MR) is 78.5 cm³/mol. The van der Waals surface area contributed by atoms with Gasteiger partial charge in [-0.25, -0.2) is 0 Å². The summed E-state index contributed by atoms with van der Waals surface area (Å²) >= 11 is 0. The third-order valence-electron chi connectivity index (χ3n) is 3.63. The average molecular weight is 269 g/mol. The summed E-state index contributed by atoms with van der Waals surface area (Å²) in [5.41, 5.74) is 9.35. The van der Waals surface area contributed by atoms with E-state index in [1.165, 1.54) is 4.57 Å². The number of hydrogen-bond acceptors (Lipinski definition) is 3. The molecule has 0 spiro atoms. The van der Waals surface area contributed by atoms with E-state index in [0.29, 0.717) is 12.2 Å². The molecule has 5 heteroatoms. The summed E-state index contributed by atoms with van der Waals surface area (Å²) in [6.45, 7) is 0. The molecule has 1 aromatic carbocycles. The second-order valence-corrected chi connectivity index (χ2v) is 4.99. The number of amides is 1. The first kappa shape index (κ1) is 12.5. The number of carbonyl (C=O) groups excluding carboxylic acids is 1. The van der Waals surface area contributed by atoms with E-state index >= 15 is 0 Å². The Balaban J connectivity index is 2.08. The van der Waals surface area contributed by atoms with Gasteiger partial charge in [0.2, 0.25) is 5.91 Å². The van der Waals surface area contributed by atoms with Gasteiger partial charge in [-0.15, -0.1) is 0 Å². The number of rotatable bonds is 1. The summed E-state index contributed by atoms with van der Waals surface area (Å²) in [5, 5.41) is 2.84. The Morgan fingerprint density at radius 2 is 1.90 bits per heavy atom. The molecule has 2 aromatic rings. The molecule has 0 unspecified atom stereocenters. The topological polar surface area (TPSA) is 77.1 Å². The zero-order chi connectivity index (χ0) is 14.3. The summed E-state index contributed by atoms with van der Waals surface area (Å²) in [4.78, 5) is 23.1. The lowest BCUT2D eigenvalue weighted by Gasteiger charge is -2.17. The third kappa shape index (κ3) is 2.07. The molecule has 1 aliphatic rings. The number of pyridine rings is 1. The van der Waals surface area contributed by atoms with Crippen LogP contribution in [0.25, 0.3) is 11.1 Å². The van der Waals surface area contributed by atoms with E-state index in [-0.39, 0.29) is 11.5 Å². The van der Waals surface area contributed by atoms with Gasteiger partial charge in [0.25, 0.3) is 5.56 Å². The minimum Gasteiger partial charge on any atom is -0.385 e. The number of benzene rings is 1. The first-order chi connectivity index (χ1) is 9.54. The number of nitrogens with two attached hydrogens (primary N) is 1. The minimum absolute atomic E-state index is 0.0445. The maximum absolute atomic E-state index is 11.8. The highest BCUT2D eigenvalue weighted by Crippen LogP contribution is 2.28. The lowest BCUT2D eigenvalue weighted by atomic mass is 9.97. The number of fused-ring (bicyclic) bond motifs is 1. The molecule has 3 rings (SSSR count). The molecular formula is C15H15N3O2. The van der Waals surface area contributed by atoms with Gasteiger partial charge >= 0.3 is 0 Å². The molecule has 1 amide bonds. The molecule has 1 aromatic heterocycles. The largest absolute Gasteiger partial charge is 0.385 e. The van der Waals surface area contributed by atoms with E-state index in [1.807, 2.05) is 18.2 Å². The van der Waals surface area contributed by atoms with Crippen molar-refractivity contribution < 1.29 is 4.79 Å². The van der Waals surface area contributed by atoms with Crippen molar-refractivity contribution in [3.63, 3.8) is 0 Å². The Bertz CT molecular complexity index is 762. The number of nitrogen functional groups attached to an aromatic ring is 1. The van der Waals surface area contributed by atoms with Gasteiger partial charge < -0.3 is 11.1 Å². The maximum atomic E-state index is 11.8. The van der Waals surface area contributed by atoms with Gasteiger partial charge in [-0.1, -0.05) is 6.07 Å². The van der Waals surface area contributed by atoms with Gasteiger partial charge in [0, 0.05) is 25.2 Å². The number of nitrogens with one attached hydrogen (secondary N) is 1. The Morgan fingerprint density at radius 3 is 2.65 bits per heavy atom. The monoisotopic (exact) mass is 269 g/mol. The second kappa shape index (κ2) is 4.52. The van der Waals surface area contributed by atoms with Crippen molar-refractivity contribution in [2.75, 3.05) is 11.1 Å². The average Bonchev–Trinajstić information content (AvgIpc) is 2.43. The smallest absolute Gasteiger partial charge is 0.252 e. The fourth-order valence-corrected chi connectivity index (χ4v) is 2.38. The highest BCUT2D eigenvalue weighted by Gasteiger charge is 2.15. The van der Waals surface area contributed by atoms with Crippen LogP contribution in [0.1, 0.15) is 12.0 Å². The van der Waals surface area contributed by atoms with Gasteiger partial charge in [0.05, 0.1) is 0 Å². The number of carbonyl (C=O) groups is 1. The van der Waals surface area contributed by atoms with Crippen LogP contribution in [0, 0.1) is 0 Å². The normalized spacial score (nSPS) is 13.8. The van der Waals surface area contributed by atoms with Crippen LogP contribution in [0.4, 0.5) is 11.5 Å². The van der Waals surface area contributed by atoms with Crippen molar-refractivity contribution in [1.29, 1.82) is 0 Å². The van der Waals surface area contributed by atoms with Gasteiger partial charge in [0.1, 0.15) is 5.82 Å². The molecule has 5 nitrogen and oxygen atoms in total. The van der Waals surface area contributed by atoms with Gasteiger partial charge in [-0.2, -0.15) is 0 Å². The van der Waals surface area contributed by atoms with Crippen molar-refractivity contribution in [3.8, 4) is 11.1 Å². The Kier molecular flexibility index (Phi) is 2.82. The number of anilines is 2. The molecule has 1 aliphatic heterocycles. The van der Waals surface area contributed by atoms with Crippen LogP contribution in [0.15, 0.2) is 35.1 Å². The fraction of sp³-hybridized carbons (Fsp3) is 0.200. The molecule has 3 N–H and O–H groups in total. The highest BCUT2D eigenvalue weighted by molar-refractivity contribution is 5.94. The Hall–Kier alpha value is -2.56. The van der Waals surface area contributed by atoms with Gasteiger partial charge in [-0.05, 0) is 41.3 Å². The molecule has 0 fully saturated rings. The van der Waals surface area contributed by atoms with Gasteiger partial charge in [0.15, 0.2) is 0 Å². The fourth-order valence-electron chi connectivity index (χ4n) is 2.38. The van der Waals surface area contributed by atoms with E-state index in [0.717, 1.165) is 28.8 Å². The summed E-state index contributed by atoms with van der Waals surface area (Å²) in [5.74, 6) is 0.474. The summed E-state index contributed by atoms with van der Waals surface area (Å²) in [7, 11) is 1.64. The van der Waals surface area contributed by atoms with Crippen molar-refractivity contribution in [3.05, 3.63) is 46.2 Å². The highest BCUT2D eigenvalue weighted by atomic mass is 16.1. The predicted octanol–water partition coefficient (Wildman–Crippen LogP) is 1.52. The van der Waals surface area contributed by atoms with Crippen LogP contribution >= 0.6 is 0 Å². The summed E-state index contributed by atoms with van der Waals surface area (Å²) < 4.78 is 1.40. The van der Waals surface area contributed by atoms with Crippen molar-refractivity contribution in [2.24, 2.45) is 7.05 Å². The molecule has 0 radical (unpaired) electrons. The first-order valence-electron chi connectivity index (χ1n) is 6.44. The van der Waals surface area contributed by atoms with E-state index in [2.05, 4.69) is 5.32 Å². The van der Waals surface area contributed by atoms with Crippen LogP contribution in [-0.2, 0) is 18.3 Å². The van der Waals surface area contributed by atoms with Crippen molar-refractivity contribution >= 4 is 17.4 Å². The first-order valence-corrected chi connectivity index (χ1v) is 6.44. The number of nitrogens with zero attached hydrogens (tertiary/aromatic N) is 1. The molecular weight excluding hydrogens is 254 g/mol. The molecule has 0 saturated carbocycles. The molecule has 0 saturated heterocycles. The summed E-state index contributed by atoms with van der Waals surface area (Å²) in [6.07, 6.45) is 1.21. The van der Waals surface area contributed by atoms with E-state index in [9.17, 15) is 9.59 Å². The second-order valence-electron chi connectivity index (χ2n) is 4.99. The van der Waals surface area contributed by atoms with Gasteiger partial charge in [-0.3, -0.25) is 14.2 Å². The molecule has 0 bridgehead atoms. The zero-order valence-electron chi connectivity index (χ0n) is 11.1.